The normalized spacial score (nSPS) is 18.4. The smallest absolute Gasteiger partial charge is 0.307 e. The molecule has 1 amide bonds. The fourth-order valence-electron chi connectivity index (χ4n) is 2.32. The average molecular weight is 308 g/mol. The van der Waals surface area contributed by atoms with Gasteiger partial charge in [-0.3, -0.25) is 9.59 Å². The lowest BCUT2D eigenvalue weighted by molar-refractivity contribution is -0.141. The van der Waals surface area contributed by atoms with Crippen LogP contribution in [0.25, 0.3) is 0 Å². The van der Waals surface area contributed by atoms with Crippen LogP contribution >= 0.6 is 11.8 Å². The van der Waals surface area contributed by atoms with Gasteiger partial charge >= 0.3 is 5.97 Å². The zero-order valence-corrected chi connectivity index (χ0v) is 12.9. The van der Waals surface area contributed by atoms with Gasteiger partial charge in [0.2, 0.25) is 0 Å². The fraction of sp³-hybridized carbons (Fsp3) is 0.467. The second-order valence-electron chi connectivity index (χ2n) is 4.91. The van der Waals surface area contributed by atoms with Crippen molar-refractivity contribution in [2.24, 2.45) is 5.73 Å². The number of amides is 1. The summed E-state index contributed by atoms with van der Waals surface area (Å²) in [7, 11) is 1.37. The Morgan fingerprint density at radius 3 is 2.71 bits per heavy atom. The zero-order chi connectivity index (χ0) is 15.2. The van der Waals surface area contributed by atoms with Crippen molar-refractivity contribution in [2.75, 3.05) is 25.2 Å². The minimum Gasteiger partial charge on any atom is -0.469 e. The predicted molar refractivity (Wildman–Crippen MR) is 83.1 cm³/mol. The Morgan fingerprint density at radius 2 is 2.10 bits per heavy atom. The Bertz CT molecular complexity index is 504. The van der Waals surface area contributed by atoms with Crippen molar-refractivity contribution in [2.45, 2.75) is 19.0 Å². The summed E-state index contributed by atoms with van der Waals surface area (Å²) in [6.45, 7) is 1.11. The van der Waals surface area contributed by atoms with E-state index < -0.39 is 0 Å². The molecule has 0 saturated carbocycles. The van der Waals surface area contributed by atoms with Crippen molar-refractivity contribution >= 4 is 23.6 Å². The number of hydrogen-bond acceptors (Lipinski definition) is 5. The summed E-state index contributed by atoms with van der Waals surface area (Å²) in [4.78, 5) is 25.9. The van der Waals surface area contributed by atoms with Gasteiger partial charge in [0.1, 0.15) is 0 Å². The Kier molecular flexibility index (Phi) is 5.64. The molecule has 2 N–H and O–H groups in total. The first-order chi connectivity index (χ1) is 10.2. The van der Waals surface area contributed by atoms with E-state index in [1.54, 1.807) is 28.8 Å². The lowest BCUT2D eigenvalue weighted by Crippen LogP contribution is -2.47. The van der Waals surface area contributed by atoms with E-state index in [0.29, 0.717) is 18.7 Å². The van der Waals surface area contributed by atoms with Crippen molar-refractivity contribution in [3.8, 4) is 0 Å². The van der Waals surface area contributed by atoms with Crippen molar-refractivity contribution in [1.29, 1.82) is 0 Å². The molecule has 1 heterocycles. The van der Waals surface area contributed by atoms with Gasteiger partial charge in [-0.1, -0.05) is 12.1 Å². The maximum absolute atomic E-state index is 12.6. The molecule has 1 aliphatic heterocycles. The van der Waals surface area contributed by atoms with Crippen molar-refractivity contribution in [1.82, 2.24) is 4.90 Å². The molecule has 1 aliphatic rings. The highest BCUT2D eigenvalue weighted by Gasteiger charge is 2.29. The summed E-state index contributed by atoms with van der Waals surface area (Å²) in [5, 5.41) is 0. The third-order valence-electron chi connectivity index (χ3n) is 3.55. The van der Waals surface area contributed by atoms with Crippen LogP contribution in [0.5, 0.6) is 0 Å². The number of carbonyl (C=O) groups is 2. The van der Waals surface area contributed by atoms with Crippen molar-refractivity contribution < 1.29 is 14.3 Å². The zero-order valence-electron chi connectivity index (χ0n) is 12.1. The van der Waals surface area contributed by atoms with Crippen LogP contribution in [0.2, 0.25) is 0 Å². The molecular formula is C15H20N2O3S. The van der Waals surface area contributed by atoms with E-state index >= 15 is 0 Å². The van der Waals surface area contributed by atoms with Crippen molar-refractivity contribution in [3.63, 3.8) is 0 Å². The summed E-state index contributed by atoms with van der Waals surface area (Å²) in [5.74, 6) is 1.35. The average Bonchev–Trinajstić information content (AvgIpc) is 2.54. The molecule has 0 spiro atoms. The van der Waals surface area contributed by atoms with Gasteiger partial charge in [-0.15, -0.1) is 0 Å². The summed E-state index contributed by atoms with van der Waals surface area (Å²) in [6, 6.07) is 7.21. The van der Waals surface area contributed by atoms with Gasteiger partial charge in [-0.25, -0.2) is 0 Å². The number of hydrogen-bond donors (Lipinski definition) is 1. The summed E-state index contributed by atoms with van der Waals surface area (Å²) >= 11 is 1.76. The molecule has 1 aromatic rings. The van der Waals surface area contributed by atoms with E-state index in [0.717, 1.165) is 17.1 Å². The van der Waals surface area contributed by atoms with Crippen molar-refractivity contribution in [3.05, 3.63) is 35.4 Å². The number of nitrogens with two attached hydrogens (primary N) is 1. The van der Waals surface area contributed by atoms with Gasteiger partial charge in [0.05, 0.1) is 19.6 Å². The van der Waals surface area contributed by atoms with Crippen LogP contribution in [0, 0.1) is 0 Å². The molecular weight excluding hydrogens is 288 g/mol. The Balaban J connectivity index is 2.11. The van der Waals surface area contributed by atoms with Crippen LogP contribution in [0.1, 0.15) is 22.3 Å². The molecule has 1 atom stereocenters. The number of nitrogens with zero attached hydrogens (tertiary/aromatic N) is 1. The van der Waals surface area contributed by atoms with E-state index in [1.165, 1.54) is 7.11 Å². The second-order valence-corrected chi connectivity index (χ2v) is 6.06. The first-order valence-corrected chi connectivity index (χ1v) is 8.05. The number of carbonyl (C=O) groups excluding carboxylic acids is 2. The Labute approximate surface area is 128 Å². The quantitative estimate of drug-likeness (QED) is 0.848. The third-order valence-corrected chi connectivity index (χ3v) is 4.65. The molecule has 1 unspecified atom stereocenters. The molecule has 0 bridgehead atoms. The SMILES string of the molecule is COC(=O)CC1CSCCN1C(=O)c1ccc(CN)cc1. The predicted octanol–water partition coefficient (Wildman–Crippen LogP) is 1.27. The van der Waals surface area contributed by atoms with E-state index in [2.05, 4.69) is 0 Å². The lowest BCUT2D eigenvalue weighted by atomic mass is 10.1. The number of rotatable bonds is 4. The van der Waals surface area contributed by atoms with E-state index in [-0.39, 0.29) is 24.3 Å². The largest absolute Gasteiger partial charge is 0.469 e. The molecule has 2 rings (SSSR count). The molecule has 114 valence electrons. The highest BCUT2D eigenvalue weighted by atomic mass is 32.2. The first-order valence-electron chi connectivity index (χ1n) is 6.90. The van der Waals surface area contributed by atoms with Crippen LogP contribution in [0.3, 0.4) is 0 Å². The van der Waals surface area contributed by atoms with Crippen LogP contribution in [-0.2, 0) is 16.1 Å². The second kappa shape index (κ2) is 7.47. The van der Waals surface area contributed by atoms with Gasteiger partial charge in [0.15, 0.2) is 0 Å². The third kappa shape index (κ3) is 3.98. The standard InChI is InChI=1S/C15H20N2O3S/c1-20-14(18)8-13-10-21-7-6-17(13)15(19)12-4-2-11(9-16)3-5-12/h2-5,13H,6-10,16H2,1H3. The molecule has 5 nitrogen and oxygen atoms in total. The van der Waals surface area contributed by atoms with E-state index in [1.807, 2.05) is 12.1 Å². The molecule has 0 aliphatic carbocycles. The maximum atomic E-state index is 12.6. The minimum absolute atomic E-state index is 0.0345. The highest BCUT2D eigenvalue weighted by molar-refractivity contribution is 7.99. The molecule has 1 aromatic carbocycles. The number of benzene rings is 1. The molecule has 6 heteroatoms. The highest BCUT2D eigenvalue weighted by Crippen LogP contribution is 2.21. The molecule has 1 fully saturated rings. The number of thioether (sulfide) groups is 1. The molecule has 1 saturated heterocycles. The molecule has 0 radical (unpaired) electrons. The van der Waals surface area contributed by atoms with Gasteiger partial charge in [-0.2, -0.15) is 11.8 Å². The molecule has 21 heavy (non-hydrogen) atoms. The number of methoxy groups -OCH3 is 1. The summed E-state index contributed by atoms with van der Waals surface area (Å²) < 4.78 is 4.72. The van der Waals surface area contributed by atoms with Crippen LogP contribution in [0.15, 0.2) is 24.3 Å². The summed E-state index contributed by atoms with van der Waals surface area (Å²) in [5.41, 5.74) is 7.19. The number of esters is 1. The lowest BCUT2D eigenvalue weighted by Gasteiger charge is -2.35. The topological polar surface area (TPSA) is 72.6 Å². The first kappa shape index (κ1) is 15.9. The fourth-order valence-corrected chi connectivity index (χ4v) is 3.38. The van der Waals surface area contributed by atoms with Crippen LogP contribution < -0.4 is 5.73 Å². The van der Waals surface area contributed by atoms with Gasteiger partial charge in [-0.05, 0) is 17.7 Å². The van der Waals surface area contributed by atoms with Gasteiger partial charge in [0.25, 0.3) is 5.91 Å². The summed E-state index contributed by atoms with van der Waals surface area (Å²) in [6.07, 6.45) is 0.246. The monoisotopic (exact) mass is 308 g/mol. The van der Waals surface area contributed by atoms with Gasteiger partial charge in [0, 0.05) is 30.2 Å². The Morgan fingerprint density at radius 1 is 1.38 bits per heavy atom. The maximum Gasteiger partial charge on any atom is 0.307 e. The molecule has 0 aromatic heterocycles. The minimum atomic E-state index is -0.279. The number of ether oxygens (including phenoxy) is 1. The van der Waals surface area contributed by atoms with Gasteiger partial charge < -0.3 is 15.4 Å². The van der Waals surface area contributed by atoms with Crippen LogP contribution in [0.4, 0.5) is 0 Å². The van der Waals surface area contributed by atoms with Crippen LogP contribution in [-0.4, -0.2) is 48.0 Å². The van der Waals surface area contributed by atoms with E-state index in [4.69, 9.17) is 10.5 Å². The van der Waals surface area contributed by atoms with E-state index in [9.17, 15) is 9.59 Å². The Hall–Kier alpha value is -1.53.